The fourth-order valence-electron chi connectivity index (χ4n) is 3.14. The van der Waals surface area contributed by atoms with Crippen molar-refractivity contribution in [3.05, 3.63) is 35.0 Å². The second-order valence-electron chi connectivity index (χ2n) is 6.49. The van der Waals surface area contributed by atoms with Crippen molar-refractivity contribution in [2.24, 2.45) is 0 Å². The van der Waals surface area contributed by atoms with Crippen LogP contribution in [-0.2, 0) is 25.5 Å². The lowest BCUT2D eigenvalue weighted by Gasteiger charge is -2.28. The summed E-state index contributed by atoms with van der Waals surface area (Å²) in [5, 5.41) is 5.21. The molecule has 0 bridgehead atoms. The molecule has 2 amide bonds. The Labute approximate surface area is 168 Å². The van der Waals surface area contributed by atoms with Crippen LogP contribution in [0, 0.1) is 0 Å². The van der Waals surface area contributed by atoms with Crippen molar-refractivity contribution in [3.8, 4) is 11.5 Å². The number of hydrogen-bond donors (Lipinski definition) is 2. The van der Waals surface area contributed by atoms with Gasteiger partial charge in [-0.05, 0) is 31.0 Å². The molecule has 0 spiro atoms. The molecule has 0 aliphatic carbocycles. The second kappa shape index (κ2) is 9.31. The standard InChI is InChI=1S/C20H24N2O7/c1-3-13-18(19(24)26-4-2)14(22-20(25)21-13)11-29-17(23)10-12-5-6-15-16(9-12)28-8-7-27-15/h5-6,9,13H,3-4,7-8,10-11H2,1-2H3,(H2,21,22,25)/t13-/m1/s1. The normalized spacial score (nSPS) is 17.9. The van der Waals surface area contributed by atoms with Gasteiger partial charge in [-0.15, -0.1) is 0 Å². The van der Waals surface area contributed by atoms with Gasteiger partial charge in [-0.2, -0.15) is 0 Å². The first-order chi connectivity index (χ1) is 14.0. The molecule has 2 N–H and O–H groups in total. The van der Waals surface area contributed by atoms with Crippen LogP contribution in [-0.4, -0.2) is 50.4 Å². The first kappa shape index (κ1) is 20.5. The number of urea groups is 1. The summed E-state index contributed by atoms with van der Waals surface area (Å²) in [6, 6.07) is 4.28. The van der Waals surface area contributed by atoms with Gasteiger partial charge in [0.2, 0.25) is 0 Å². The SMILES string of the molecule is CCOC(=O)C1=C(COC(=O)Cc2ccc3c(c2)OCCO3)NC(=O)N[C@@H]1CC. The number of hydrogen-bond acceptors (Lipinski definition) is 7. The van der Waals surface area contributed by atoms with Crippen LogP contribution in [0.15, 0.2) is 29.5 Å². The summed E-state index contributed by atoms with van der Waals surface area (Å²) in [5.74, 6) is 0.175. The lowest BCUT2D eigenvalue weighted by atomic mass is 10.0. The highest BCUT2D eigenvalue weighted by Gasteiger charge is 2.32. The van der Waals surface area contributed by atoms with Crippen LogP contribution in [0.2, 0.25) is 0 Å². The fourth-order valence-corrected chi connectivity index (χ4v) is 3.14. The second-order valence-corrected chi connectivity index (χ2v) is 6.49. The van der Waals surface area contributed by atoms with Crippen molar-refractivity contribution >= 4 is 18.0 Å². The molecule has 2 aliphatic heterocycles. The summed E-state index contributed by atoms with van der Waals surface area (Å²) in [4.78, 5) is 36.5. The van der Waals surface area contributed by atoms with E-state index < -0.39 is 24.0 Å². The van der Waals surface area contributed by atoms with Crippen molar-refractivity contribution in [3.63, 3.8) is 0 Å². The van der Waals surface area contributed by atoms with Crippen LogP contribution in [0.5, 0.6) is 11.5 Å². The number of benzene rings is 1. The van der Waals surface area contributed by atoms with Crippen LogP contribution in [0.1, 0.15) is 25.8 Å². The van der Waals surface area contributed by atoms with E-state index in [4.69, 9.17) is 18.9 Å². The predicted octanol–water partition coefficient (Wildman–Crippen LogP) is 1.45. The highest BCUT2D eigenvalue weighted by molar-refractivity contribution is 5.94. The highest BCUT2D eigenvalue weighted by atomic mass is 16.6. The number of ether oxygens (including phenoxy) is 4. The lowest BCUT2D eigenvalue weighted by Crippen LogP contribution is -2.51. The zero-order valence-electron chi connectivity index (χ0n) is 16.4. The van der Waals surface area contributed by atoms with Crippen molar-refractivity contribution < 1.29 is 33.3 Å². The van der Waals surface area contributed by atoms with Gasteiger partial charge in [-0.1, -0.05) is 13.0 Å². The van der Waals surface area contributed by atoms with Crippen LogP contribution >= 0.6 is 0 Å². The maximum Gasteiger partial charge on any atom is 0.338 e. The Bertz CT molecular complexity index is 834. The van der Waals surface area contributed by atoms with Gasteiger partial charge in [0.1, 0.15) is 19.8 Å². The molecule has 0 radical (unpaired) electrons. The Balaban J connectivity index is 1.68. The zero-order valence-corrected chi connectivity index (χ0v) is 16.4. The van der Waals surface area contributed by atoms with Gasteiger partial charge in [0.25, 0.3) is 0 Å². The fraction of sp³-hybridized carbons (Fsp3) is 0.450. The molecule has 156 valence electrons. The molecule has 1 aromatic rings. The van der Waals surface area contributed by atoms with E-state index in [0.717, 1.165) is 0 Å². The van der Waals surface area contributed by atoms with Crippen LogP contribution in [0.25, 0.3) is 0 Å². The maximum absolute atomic E-state index is 12.3. The van der Waals surface area contributed by atoms with E-state index in [1.54, 1.807) is 25.1 Å². The van der Waals surface area contributed by atoms with Crippen molar-refractivity contribution in [1.82, 2.24) is 10.6 Å². The molecular weight excluding hydrogens is 380 g/mol. The Kier molecular flexibility index (Phi) is 6.58. The average Bonchev–Trinajstić information content (AvgIpc) is 2.71. The van der Waals surface area contributed by atoms with E-state index in [1.807, 2.05) is 6.92 Å². The van der Waals surface area contributed by atoms with E-state index in [-0.39, 0.29) is 30.9 Å². The molecule has 29 heavy (non-hydrogen) atoms. The molecule has 9 heteroatoms. The minimum absolute atomic E-state index is 0.0159. The number of nitrogens with one attached hydrogen (secondary N) is 2. The Morgan fingerprint density at radius 3 is 2.62 bits per heavy atom. The number of esters is 2. The zero-order chi connectivity index (χ0) is 20.8. The van der Waals surface area contributed by atoms with Crippen LogP contribution in [0.4, 0.5) is 4.79 Å². The monoisotopic (exact) mass is 404 g/mol. The van der Waals surface area contributed by atoms with Gasteiger partial charge in [0.05, 0.1) is 30.3 Å². The number of rotatable bonds is 7. The predicted molar refractivity (Wildman–Crippen MR) is 102 cm³/mol. The Hall–Kier alpha value is -3.23. The first-order valence-corrected chi connectivity index (χ1v) is 9.53. The summed E-state index contributed by atoms with van der Waals surface area (Å²) in [6.07, 6.45) is 0.512. The molecule has 0 fully saturated rings. The van der Waals surface area contributed by atoms with E-state index in [2.05, 4.69) is 10.6 Å². The Morgan fingerprint density at radius 1 is 1.14 bits per heavy atom. The lowest BCUT2D eigenvalue weighted by molar-refractivity contribution is -0.143. The molecule has 0 aromatic heterocycles. The van der Waals surface area contributed by atoms with Crippen LogP contribution < -0.4 is 20.1 Å². The highest BCUT2D eigenvalue weighted by Crippen LogP contribution is 2.31. The van der Waals surface area contributed by atoms with E-state index in [9.17, 15) is 14.4 Å². The van der Waals surface area contributed by atoms with Crippen molar-refractivity contribution in [2.75, 3.05) is 26.4 Å². The summed E-state index contributed by atoms with van der Waals surface area (Å²) in [5.41, 5.74) is 1.20. The Morgan fingerprint density at radius 2 is 1.90 bits per heavy atom. The third kappa shape index (κ3) is 4.98. The minimum Gasteiger partial charge on any atom is -0.486 e. The molecule has 0 saturated heterocycles. The van der Waals surface area contributed by atoms with E-state index in [0.29, 0.717) is 36.7 Å². The van der Waals surface area contributed by atoms with Gasteiger partial charge in [-0.25, -0.2) is 9.59 Å². The molecular formula is C20H24N2O7. The molecule has 0 saturated carbocycles. The molecule has 9 nitrogen and oxygen atoms in total. The summed E-state index contributed by atoms with van der Waals surface area (Å²) < 4.78 is 21.4. The van der Waals surface area contributed by atoms with Gasteiger partial charge in [0.15, 0.2) is 11.5 Å². The number of carbonyl (C=O) groups excluding carboxylic acids is 3. The summed E-state index contributed by atoms with van der Waals surface area (Å²) in [7, 11) is 0. The topological polar surface area (TPSA) is 112 Å². The molecule has 1 atom stereocenters. The van der Waals surface area contributed by atoms with Crippen molar-refractivity contribution in [2.45, 2.75) is 32.7 Å². The maximum atomic E-state index is 12.3. The first-order valence-electron chi connectivity index (χ1n) is 9.53. The number of amides is 2. The summed E-state index contributed by atoms with van der Waals surface area (Å²) in [6.45, 7) is 4.44. The largest absolute Gasteiger partial charge is 0.486 e. The molecule has 1 aromatic carbocycles. The van der Waals surface area contributed by atoms with Crippen molar-refractivity contribution in [1.29, 1.82) is 0 Å². The third-order valence-corrected chi connectivity index (χ3v) is 4.48. The van der Waals surface area contributed by atoms with Gasteiger partial charge in [-0.3, -0.25) is 4.79 Å². The summed E-state index contributed by atoms with van der Waals surface area (Å²) >= 11 is 0. The van der Waals surface area contributed by atoms with Gasteiger partial charge in [0, 0.05) is 0 Å². The third-order valence-electron chi connectivity index (χ3n) is 4.48. The quantitative estimate of drug-likeness (QED) is 0.662. The molecule has 2 heterocycles. The average molecular weight is 404 g/mol. The number of fused-ring (bicyclic) bond motifs is 1. The van der Waals surface area contributed by atoms with Gasteiger partial charge < -0.3 is 29.6 Å². The van der Waals surface area contributed by atoms with Gasteiger partial charge >= 0.3 is 18.0 Å². The van der Waals surface area contributed by atoms with E-state index in [1.165, 1.54) is 0 Å². The molecule has 0 unspecified atom stereocenters. The molecule has 2 aliphatic rings. The molecule has 3 rings (SSSR count). The smallest absolute Gasteiger partial charge is 0.338 e. The van der Waals surface area contributed by atoms with Crippen LogP contribution in [0.3, 0.4) is 0 Å². The minimum atomic E-state index is -0.551. The van der Waals surface area contributed by atoms with E-state index >= 15 is 0 Å². The number of carbonyl (C=O) groups is 3.